The Balaban J connectivity index is 1.80. The molecule has 0 aliphatic heterocycles. The highest BCUT2D eigenvalue weighted by Gasteiger charge is 2.26. The van der Waals surface area contributed by atoms with E-state index >= 15 is 0 Å². The first-order valence-corrected chi connectivity index (χ1v) is 11.7. The quantitative estimate of drug-likeness (QED) is 0.454. The molecule has 0 bridgehead atoms. The summed E-state index contributed by atoms with van der Waals surface area (Å²) in [5, 5.41) is 3.65. The maximum absolute atomic E-state index is 13.9. The predicted octanol–water partition coefficient (Wildman–Crippen LogP) is 7.37. The number of hydrogen-bond acceptors (Lipinski definition) is 2. The predicted molar refractivity (Wildman–Crippen MR) is 128 cm³/mol. The number of rotatable bonds is 6. The Bertz CT molecular complexity index is 1050. The second-order valence-electron chi connectivity index (χ2n) is 8.59. The normalized spacial score (nSPS) is 15.6. The molecule has 3 aromatic rings. The molecular weight excluding hydrogens is 383 g/mol. The summed E-state index contributed by atoms with van der Waals surface area (Å²) in [7, 11) is 0. The number of aromatic nitrogens is 1. The molecule has 1 aromatic heterocycles. The number of nitrogens with one attached hydrogen (secondary N) is 1. The van der Waals surface area contributed by atoms with Crippen molar-refractivity contribution in [2.75, 3.05) is 5.32 Å². The fourth-order valence-corrected chi connectivity index (χ4v) is 4.97. The minimum absolute atomic E-state index is 0.174. The molecule has 1 unspecified atom stereocenters. The van der Waals surface area contributed by atoms with Crippen LogP contribution in [-0.2, 0) is 25.7 Å². The van der Waals surface area contributed by atoms with Crippen LogP contribution in [-0.4, -0.2) is 4.98 Å². The highest BCUT2D eigenvalue weighted by Crippen LogP contribution is 2.38. The van der Waals surface area contributed by atoms with E-state index in [2.05, 4.69) is 50.4 Å². The Morgan fingerprint density at radius 1 is 0.968 bits per heavy atom. The summed E-state index contributed by atoms with van der Waals surface area (Å²) in [6.45, 7) is 8.70. The van der Waals surface area contributed by atoms with E-state index in [1.165, 1.54) is 39.6 Å². The van der Waals surface area contributed by atoms with Gasteiger partial charge < -0.3 is 5.32 Å². The van der Waals surface area contributed by atoms with Gasteiger partial charge in [0.1, 0.15) is 5.82 Å². The van der Waals surface area contributed by atoms with Crippen molar-refractivity contribution in [1.82, 2.24) is 4.98 Å². The van der Waals surface area contributed by atoms with E-state index < -0.39 is 0 Å². The molecule has 3 heteroatoms. The number of fused-ring (bicyclic) bond motifs is 1. The standard InChI is InChI=1S/C28H33FN2/c1-5-19-10-8-11-20(6-2)27(19)26-16-21(7-3)28-23(12-9-13-24(28)31-26)30-25-17-22(29)15-14-18(25)4/h8,10-11,14-17,23,30H,5-7,9,12-13H2,1-4H3. The summed E-state index contributed by atoms with van der Waals surface area (Å²) in [6.07, 6.45) is 6.12. The number of nitrogens with zero attached hydrogens (tertiary/aromatic N) is 1. The smallest absolute Gasteiger partial charge is 0.125 e. The Morgan fingerprint density at radius 3 is 2.35 bits per heavy atom. The molecule has 1 N–H and O–H groups in total. The van der Waals surface area contributed by atoms with Gasteiger partial charge in [-0.05, 0) is 91.5 Å². The molecule has 162 valence electrons. The van der Waals surface area contributed by atoms with E-state index in [0.717, 1.165) is 55.5 Å². The first kappa shape index (κ1) is 21.5. The van der Waals surface area contributed by atoms with Gasteiger partial charge in [-0.2, -0.15) is 0 Å². The van der Waals surface area contributed by atoms with Gasteiger partial charge in [0.05, 0.1) is 11.7 Å². The van der Waals surface area contributed by atoms with Crippen LogP contribution in [0.3, 0.4) is 0 Å². The molecule has 2 nitrogen and oxygen atoms in total. The van der Waals surface area contributed by atoms with E-state index in [1.54, 1.807) is 6.07 Å². The van der Waals surface area contributed by atoms with E-state index in [0.29, 0.717) is 0 Å². The van der Waals surface area contributed by atoms with Crippen LogP contribution in [0.5, 0.6) is 0 Å². The molecule has 1 atom stereocenters. The Hall–Kier alpha value is -2.68. The topological polar surface area (TPSA) is 24.9 Å². The third-order valence-electron chi connectivity index (χ3n) is 6.64. The SMILES string of the molecule is CCc1cccc(CC)c1-c1cc(CC)c2c(n1)CCCC2Nc1cc(F)ccc1C. The maximum Gasteiger partial charge on any atom is 0.125 e. The third kappa shape index (κ3) is 4.23. The Kier molecular flexibility index (Phi) is 6.41. The molecule has 1 heterocycles. The summed E-state index contributed by atoms with van der Waals surface area (Å²) in [6, 6.07) is 14.1. The van der Waals surface area contributed by atoms with Crippen molar-refractivity contribution < 1.29 is 4.39 Å². The first-order valence-electron chi connectivity index (χ1n) is 11.7. The molecule has 0 radical (unpaired) electrons. The summed E-state index contributed by atoms with van der Waals surface area (Å²) in [4.78, 5) is 5.23. The second kappa shape index (κ2) is 9.21. The second-order valence-corrected chi connectivity index (χ2v) is 8.59. The number of benzene rings is 2. The average molecular weight is 417 g/mol. The Morgan fingerprint density at radius 2 is 1.68 bits per heavy atom. The lowest BCUT2D eigenvalue weighted by Gasteiger charge is -2.30. The van der Waals surface area contributed by atoms with Crippen LogP contribution in [0.4, 0.5) is 10.1 Å². The van der Waals surface area contributed by atoms with Crippen molar-refractivity contribution in [1.29, 1.82) is 0 Å². The minimum atomic E-state index is -0.198. The average Bonchev–Trinajstić information content (AvgIpc) is 2.80. The van der Waals surface area contributed by atoms with Gasteiger partial charge in [0.2, 0.25) is 0 Å². The van der Waals surface area contributed by atoms with Gasteiger partial charge in [-0.25, -0.2) is 4.39 Å². The van der Waals surface area contributed by atoms with E-state index in [1.807, 2.05) is 13.0 Å². The largest absolute Gasteiger partial charge is 0.378 e. The molecule has 0 saturated carbocycles. The fraction of sp³-hybridized carbons (Fsp3) is 0.393. The van der Waals surface area contributed by atoms with Crippen molar-refractivity contribution in [3.05, 3.63) is 81.8 Å². The van der Waals surface area contributed by atoms with Crippen LogP contribution in [0.1, 0.15) is 73.2 Å². The summed E-state index contributed by atoms with van der Waals surface area (Å²) >= 11 is 0. The van der Waals surface area contributed by atoms with Crippen molar-refractivity contribution in [3.8, 4) is 11.3 Å². The molecular formula is C28H33FN2. The van der Waals surface area contributed by atoms with Crippen molar-refractivity contribution in [2.45, 2.75) is 72.3 Å². The minimum Gasteiger partial charge on any atom is -0.378 e. The highest BCUT2D eigenvalue weighted by atomic mass is 19.1. The monoisotopic (exact) mass is 416 g/mol. The van der Waals surface area contributed by atoms with Crippen LogP contribution in [0, 0.1) is 12.7 Å². The van der Waals surface area contributed by atoms with Crippen LogP contribution in [0.2, 0.25) is 0 Å². The molecule has 0 spiro atoms. The zero-order chi connectivity index (χ0) is 22.0. The van der Waals surface area contributed by atoms with Gasteiger partial charge >= 0.3 is 0 Å². The van der Waals surface area contributed by atoms with Crippen LogP contribution in [0.15, 0.2) is 42.5 Å². The molecule has 0 fully saturated rings. The third-order valence-corrected chi connectivity index (χ3v) is 6.64. The lowest BCUT2D eigenvalue weighted by molar-refractivity contribution is 0.581. The molecule has 2 aromatic carbocycles. The summed E-state index contributed by atoms with van der Waals surface area (Å²) in [5.74, 6) is -0.198. The Labute approximate surface area is 185 Å². The van der Waals surface area contributed by atoms with Gasteiger partial charge in [-0.3, -0.25) is 4.98 Å². The zero-order valence-electron chi connectivity index (χ0n) is 19.2. The van der Waals surface area contributed by atoms with E-state index in [9.17, 15) is 4.39 Å². The van der Waals surface area contributed by atoms with E-state index in [4.69, 9.17) is 4.98 Å². The van der Waals surface area contributed by atoms with Crippen molar-refractivity contribution in [3.63, 3.8) is 0 Å². The molecule has 4 rings (SSSR count). The van der Waals surface area contributed by atoms with Crippen molar-refractivity contribution in [2.24, 2.45) is 0 Å². The zero-order valence-corrected chi connectivity index (χ0v) is 19.2. The number of pyridine rings is 1. The first-order chi connectivity index (χ1) is 15.0. The molecule has 1 aliphatic rings. The van der Waals surface area contributed by atoms with Crippen molar-refractivity contribution >= 4 is 5.69 Å². The highest BCUT2D eigenvalue weighted by molar-refractivity contribution is 5.70. The van der Waals surface area contributed by atoms with Gasteiger partial charge in [0.25, 0.3) is 0 Å². The van der Waals surface area contributed by atoms with Gasteiger partial charge in [-0.1, -0.05) is 45.0 Å². The maximum atomic E-state index is 13.9. The molecule has 1 aliphatic carbocycles. The summed E-state index contributed by atoms with van der Waals surface area (Å²) in [5.41, 5.74) is 11.0. The molecule has 31 heavy (non-hydrogen) atoms. The molecule has 0 amide bonds. The number of aryl methyl sites for hydroxylation is 5. The lowest BCUT2D eigenvalue weighted by Crippen LogP contribution is -2.21. The van der Waals surface area contributed by atoms with Crippen LogP contribution < -0.4 is 5.32 Å². The van der Waals surface area contributed by atoms with Gasteiger partial charge in [-0.15, -0.1) is 0 Å². The lowest BCUT2D eigenvalue weighted by atomic mass is 9.85. The van der Waals surface area contributed by atoms with Gasteiger partial charge in [0.15, 0.2) is 0 Å². The van der Waals surface area contributed by atoms with Crippen LogP contribution >= 0.6 is 0 Å². The molecule has 0 saturated heterocycles. The van der Waals surface area contributed by atoms with E-state index in [-0.39, 0.29) is 11.9 Å². The fourth-order valence-electron chi connectivity index (χ4n) is 4.97. The number of hydrogen-bond donors (Lipinski definition) is 1. The van der Waals surface area contributed by atoms with Gasteiger partial charge in [0, 0.05) is 16.9 Å². The van der Waals surface area contributed by atoms with Crippen LogP contribution in [0.25, 0.3) is 11.3 Å². The number of anilines is 1. The number of halogens is 1. The summed E-state index contributed by atoms with van der Waals surface area (Å²) < 4.78 is 13.9.